The summed E-state index contributed by atoms with van der Waals surface area (Å²) < 4.78 is 10.6. The average Bonchev–Trinajstić information content (AvgIpc) is 3.14. The molecular weight excluding hydrogens is 392 g/mol. The highest BCUT2D eigenvalue weighted by Gasteiger charge is 2.17. The summed E-state index contributed by atoms with van der Waals surface area (Å²) >= 11 is 2.79. The summed E-state index contributed by atoms with van der Waals surface area (Å²) in [5, 5.41) is 14.9. The van der Waals surface area contributed by atoms with Crippen LogP contribution in [0.15, 0.2) is 58.8 Å². The molecule has 142 valence electrons. The Morgan fingerprint density at radius 1 is 1.14 bits per heavy atom. The molecule has 0 spiro atoms. The number of nitrogens with one attached hydrogen (secondary N) is 1. The van der Waals surface area contributed by atoms with Crippen LogP contribution >= 0.6 is 23.1 Å². The van der Waals surface area contributed by atoms with Gasteiger partial charge < -0.3 is 14.8 Å². The lowest BCUT2D eigenvalue weighted by Crippen LogP contribution is -2.13. The van der Waals surface area contributed by atoms with Gasteiger partial charge in [-0.1, -0.05) is 24.3 Å². The maximum Gasteiger partial charge on any atom is 0.235 e. The number of amides is 1. The Morgan fingerprint density at radius 3 is 2.57 bits per heavy atom. The van der Waals surface area contributed by atoms with E-state index in [9.17, 15) is 10.1 Å². The second kappa shape index (κ2) is 9.31. The van der Waals surface area contributed by atoms with Crippen molar-refractivity contribution in [2.45, 2.75) is 4.90 Å². The molecule has 0 aliphatic carbocycles. The molecule has 1 aromatic heterocycles. The Hall–Kier alpha value is -2.95. The number of hydrogen-bond donors (Lipinski definition) is 1. The molecule has 3 rings (SSSR count). The smallest absolute Gasteiger partial charge is 0.235 e. The van der Waals surface area contributed by atoms with E-state index in [-0.39, 0.29) is 11.7 Å². The van der Waals surface area contributed by atoms with E-state index in [0.29, 0.717) is 22.1 Å². The number of ether oxygens (including phenoxy) is 2. The molecule has 0 unspecified atom stereocenters. The van der Waals surface area contributed by atoms with Gasteiger partial charge in [0, 0.05) is 15.8 Å². The van der Waals surface area contributed by atoms with E-state index >= 15 is 0 Å². The summed E-state index contributed by atoms with van der Waals surface area (Å²) in [7, 11) is 3.14. The Balaban J connectivity index is 1.77. The van der Waals surface area contributed by atoms with Crippen molar-refractivity contribution in [3.05, 3.63) is 59.5 Å². The van der Waals surface area contributed by atoms with Crippen molar-refractivity contribution in [2.75, 3.05) is 25.3 Å². The number of hydrogen-bond acceptors (Lipinski definition) is 6. The first-order chi connectivity index (χ1) is 13.7. The van der Waals surface area contributed by atoms with Crippen molar-refractivity contribution in [2.24, 2.45) is 0 Å². The molecule has 1 heterocycles. The molecule has 0 saturated carbocycles. The van der Waals surface area contributed by atoms with Gasteiger partial charge in [0.25, 0.3) is 0 Å². The third-order valence-electron chi connectivity index (χ3n) is 3.96. The first-order valence-corrected chi connectivity index (χ1v) is 10.2. The molecule has 2 aromatic carbocycles. The highest BCUT2D eigenvalue weighted by Crippen LogP contribution is 2.38. The molecule has 5 nitrogen and oxygen atoms in total. The van der Waals surface area contributed by atoms with Gasteiger partial charge >= 0.3 is 0 Å². The van der Waals surface area contributed by atoms with Crippen molar-refractivity contribution in [1.29, 1.82) is 5.26 Å². The summed E-state index contributed by atoms with van der Waals surface area (Å²) in [6.45, 7) is 0. The van der Waals surface area contributed by atoms with Gasteiger partial charge in [-0.3, -0.25) is 4.79 Å². The van der Waals surface area contributed by atoms with Crippen molar-refractivity contribution >= 4 is 34.0 Å². The quantitative estimate of drug-likeness (QED) is 0.553. The average molecular weight is 411 g/mol. The predicted molar refractivity (Wildman–Crippen MR) is 113 cm³/mol. The number of methoxy groups -OCH3 is 2. The van der Waals surface area contributed by atoms with Gasteiger partial charge in [-0.15, -0.1) is 23.1 Å². The van der Waals surface area contributed by atoms with Crippen LogP contribution in [0.5, 0.6) is 11.5 Å². The lowest BCUT2D eigenvalue weighted by Gasteiger charge is -2.09. The molecule has 0 aliphatic rings. The van der Waals surface area contributed by atoms with Crippen LogP contribution in [0, 0.1) is 11.3 Å². The fourth-order valence-corrected chi connectivity index (χ4v) is 4.26. The van der Waals surface area contributed by atoms with E-state index in [4.69, 9.17) is 9.47 Å². The van der Waals surface area contributed by atoms with Crippen LogP contribution in [-0.2, 0) is 4.79 Å². The van der Waals surface area contributed by atoms with Crippen LogP contribution in [0.3, 0.4) is 0 Å². The van der Waals surface area contributed by atoms with Gasteiger partial charge in [-0.05, 0) is 29.8 Å². The zero-order chi connectivity index (χ0) is 19.9. The summed E-state index contributed by atoms with van der Waals surface area (Å²) in [6, 6.07) is 17.4. The van der Waals surface area contributed by atoms with E-state index in [0.717, 1.165) is 16.0 Å². The second-order valence-corrected chi connectivity index (χ2v) is 7.61. The molecule has 28 heavy (non-hydrogen) atoms. The minimum atomic E-state index is -0.147. The van der Waals surface area contributed by atoms with Crippen LogP contribution in [0.25, 0.3) is 11.1 Å². The van der Waals surface area contributed by atoms with Gasteiger partial charge in [0.2, 0.25) is 5.91 Å². The predicted octanol–water partition coefficient (Wildman–Crippen LogP) is 5.03. The van der Waals surface area contributed by atoms with E-state index in [2.05, 4.69) is 11.4 Å². The number of benzene rings is 2. The molecule has 1 N–H and O–H groups in total. The molecule has 1 amide bonds. The van der Waals surface area contributed by atoms with Crippen molar-refractivity contribution in [3.63, 3.8) is 0 Å². The standard InChI is InChI=1S/C21H18N2O3S2/c1-25-18-9-8-14(10-19(18)26-2)17-12-28-21(16(17)11-22)23-20(24)13-27-15-6-4-3-5-7-15/h3-10,12H,13H2,1-2H3,(H,23,24). The Morgan fingerprint density at radius 2 is 1.89 bits per heavy atom. The number of rotatable bonds is 7. The van der Waals surface area contributed by atoms with Crippen LogP contribution in [0.2, 0.25) is 0 Å². The Kier molecular flexibility index (Phi) is 6.58. The fraction of sp³-hybridized carbons (Fsp3) is 0.143. The topological polar surface area (TPSA) is 71.3 Å². The normalized spacial score (nSPS) is 10.2. The largest absolute Gasteiger partial charge is 0.493 e. The molecular formula is C21H18N2O3S2. The van der Waals surface area contributed by atoms with Crippen molar-refractivity contribution in [3.8, 4) is 28.7 Å². The van der Waals surface area contributed by atoms with Gasteiger partial charge in [0.15, 0.2) is 11.5 Å². The first kappa shape index (κ1) is 19.8. The zero-order valence-electron chi connectivity index (χ0n) is 15.4. The Bertz CT molecular complexity index is 1010. The first-order valence-electron chi connectivity index (χ1n) is 8.38. The van der Waals surface area contributed by atoms with Gasteiger partial charge in [-0.2, -0.15) is 5.26 Å². The molecule has 0 bridgehead atoms. The highest BCUT2D eigenvalue weighted by molar-refractivity contribution is 8.00. The fourth-order valence-electron chi connectivity index (χ4n) is 2.61. The number of carbonyl (C=O) groups is 1. The van der Waals surface area contributed by atoms with E-state index in [1.54, 1.807) is 20.3 Å². The number of carbonyl (C=O) groups excluding carboxylic acids is 1. The number of thioether (sulfide) groups is 1. The number of anilines is 1. The zero-order valence-corrected chi connectivity index (χ0v) is 17.0. The van der Waals surface area contributed by atoms with Gasteiger partial charge in [0.1, 0.15) is 11.1 Å². The third kappa shape index (κ3) is 4.47. The molecule has 0 saturated heterocycles. The Labute approximate surface area is 171 Å². The molecule has 0 radical (unpaired) electrons. The molecule has 0 atom stereocenters. The van der Waals surface area contributed by atoms with Crippen molar-refractivity contribution in [1.82, 2.24) is 0 Å². The lowest BCUT2D eigenvalue weighted by molar-refractivity contribution is -0.113. The van der Waals surface area contributed by atoms with E-state index in [1.807, 2.05) is 47.8 Å². The summed E-state index contributed by atoms with van der Waals surface area (Å²) in [5.74, 6) is 1.33. The summed E-state index contributed by atoms with van der Waals surface area (Å²) in [4.78, 5) is 13.3. The van der Waals surface area contributed by atoms with Crippen LogP contribution in [0.4, 0.5) is 5.00 Å². The summed E-state index contributed by atoms with van der Waals surface area (Å²) in [6.07, 6.45) is 0. The molecule has 7 heteroatoms. The number of thiophene rings is 1. The molecule has 0 aliphatic heterocycles. The lowest BCUT2D eigenvalue weighted by atomic mass is 10.0. The van der Waals surface area contributed by atoms with Gasteiger partial charge in [-0.25, -0.2) is 0 Å². The number of nitrogens with zero attached hydrogens (tertiary/aromatic N) is 1. The maximum atomic E-state index is 12.3. The minimum absolute atomic E-state index is 0.147. The SMILES string of the molecule is COc1ccc(-c2csc(NC(=O)CSc3ccccc3)c2C#N)cc1OC. The number of nitriles is 1. The van der Waals surface area contributed by atoms with E-state index < -0.39 is 0 Å². The van der Waals surface area contributed by atoms with Crippen LogP contribution in [-0.4, -0.2) is 25.9 Å². The van der Waals surface area contributed by atoms with Crippen molar-refractivity contribution < 1.29 is 14.3 Å². The van der Waals surface area contributed by atoms with Gasteiger partial charge in [0.05, 0.1) is 25.5 Å². The second-order valence-electron chi connectivity index (χ2n) is 5.68. The molecule has 0 fully saturated rings. The summed E-state index contributed by atoms with van der Waals surface area (Å²) in [5.41, 5.74) is 2.01. The van der Waals surface area contributed by atoms with Crippen LogP contribution < -0.4 is 14.8 Å². The molecule has 3 aromatic rings. The van der Waals surface area contributed by atoms with E-state index in [1.165, 1.54) is 23.1 Å². The monoisotopic (exact) mass is 410 g/mol. The highest BCUT2D eigenvalue weighted by atomic mass is 32.2. The van der Waals surface area contributed by atoms with Crippen LogP contribution in [0.1, 0.15) is 5.56 Å². The minimum Gasteiger partial charge on any atom is -0.493 e. The third-order valence-corrected chi connectivity index (χ3v) is 5.87. The maximum absolute atomic E-state index is 12.3.